The Balaban J connectivity index is 2.70. The van der Waals surface area contributed by atoms with Gasteiger partial charge in [-0.15, -0.1) is 0 Å². The quantitative estimate of drug-likeness (QED) is 0.672. The van der Waals surface area contributed by atoms with E-state index in [1.54, 1.807) is 6.92 Å². The predicted molar refractivity (Wildman–Crippen MR) is 57.6 cm³/mol. The molecule has 0 aromatic carbocycles. The Kier molecular flexibility index (Phi) is 3.09. The summed E-state index contributed by atoms with van der Waals surface area (Å²) in [7, 11) is 0. The van der Waals surface area contributed by atoms with Gasteiger partial charge in [0, 0.05) is 6.54 Å². The van der Waals surface area contributed by atoms with Crippen LogP contribution in [0.3, 0.4) is 0 Å². The molecule has 15 heavy (non-hydrogen) atoms. The third-order valence-electron chi connectivity index (χ3n) is 2.32. The number of amides is 1. The molecule has 1 atom stereocenters. The molecule has 1 rings (SSSR count). The van der Waals surface area contributed by atoms with Crippen molar-refractivity contribution in [3.8, 4) is 0 Å². The number of carbonyl (C=O) groups excluding carboxylic acids is 1. The fourth-order valence-electron chi connectivity index (χ4n) is 1.45. The first kappa shape index (κ1) is 12.0. The molecule has 1 amide bonds. The van der Waals surface area contributed by atoms with Gasteiger partial charge in [0.1, 0.15) is 5.60 Å². The lowest BCUT2D eigenvalue weighted by atomic mass is 10.1. The molecule has 0 radical (unpaired) electrons. The fourth-order valence-corrected chi connectivity index (χ4v) is 1.45. The molecule has 0 aromatic heterocycles. The van der Waals surface area contributed by atoms with Crippen LogP contribution < -0.4 is 0 Å². The van der Waals surface area contributed by atoms with E-state index in [9.17, 15) is 9.90 Å². The number of hydrogen-bond acceptors (Lipinski definition) is 3. The number of carbonyl (C=O) groups is 1. The first-order valence-corrected chi connectivity index (χ1v) is 5.08. The Hall–Kier alpha value is -1.03. The Bertz CT molecular complexity index is 280. The number of aliphatic hydroxyl groups excluding tert-OH is 1. The van der Waals surface area contributed by atoms with E-state index in [1.807, 2.05) is 32.9 Å². The van der Waals surface area contributed by atoms with Gasteiger partial charge in [0.2, 0.25) is 0 Å². The first-order chi connectivity index (χ1) is 6.78. The van der Waals surface area contributed by atoms with Crippen LogP contribution in [-0.2, 0) is 4.74 Å². The van der Waals surface area contributed by atoms with Crippen LogP contribution in [0, 0.1) is 0 Å². The van der Waals surface area contributed by atoms with E-state index < -0.39 is 11.1 Å². The monoisotopic (exact) mass is 213 g/mol. The molecule has 1 aliphatic heterocycles. The van der Waals surface area contributed by atoms with Crippen molar-refractivity contribution in [2.45, 2.75) is 38.8 Å². The molecule has 0 fully saturated rings. The van der Waals surface area contributed by atoms with Crippen LogP contribution in [0.25, 0.3) is 0 Å². The van der Waals surface area contributed by atoms with E-state index in [0.29, 0.717) is 6.54 Å². The normalized spacial score (nSPS) is 25.8. The van der Waals surface area contributed by atoms with Crippen LogP contribution in [-0.4, -0.2) is 40.4 Å². The Morgan fingerprint density at radius 3 is 2.67 bits per heavy atom. The van der Waals surface area contributed by atoms with Gasteiger partial charge >= 0.3 is 6.09 Å². The second kappa shape index (κ2) is 3.85. The molecule has 4 heteroatoms. The van der Waals surface area contributed by atoms with Gasteiger partial charge < -0.3 is 9.84 Å². The molecule has 1 N–H and O–H groups in total. The van der Waals surface area contributed by atoms with Crippen LogP contribution in [0.2, 0.25) is 0 Å². The van der Waals surface area contributed by atoms with Gasteiger partial charge in [-0.05, 0) is 27.7 Å². The highest BCUT2D eigenvalue weighted by Gasteiger charge is 2.37. The van der Waals surface area contributed by atoms with Crippen molar-refractivity contribution in [1.82, 2.24) is 4.90 Å². The lowest BCUT2D eigenvalue weighted by Crippen LogP contribution is -2.49. The maximum absolute atomic E-state index is 11.8. The second-order valence-electron chi connectivity index (χ2n) is 5.01. The zero-order chi connectivity index (χ0) is 11.7. The molecular weight excluding hydrogens is 194 g/mol. The average molecular weight is 213 g/mol. The van der Waals surface area contributed by atoms with E-state index in [1.165, 1.54) is 4.90 Å². The Morgan fingerprint density at radius 1 is 1.60 bits per heavy atom. The number of aliphatic hydroxyl groups is 1. The van der Waals surface area contributed by atoms with Gasteiger partial charge in [0.15, 0.2) is 0 Å². The topological polar surface area (TPSA) is 49.8 Å². The van der Waals surface area contributed by atoms with Crippen LogP contribution in [0.15, 0.2) is 12.2 Å². The maximum atomic E-state index is 11.8. The molecule has 0 unspecified atom stereocenters. The molecule has 0 aliphatic carbocycles. The van der Waals surface area contributed by atoms with Gasteiger partial charge in [-0.3, -0.25) is 4.90 Å². The number of rotatable bonds is 1. The molecule has 0 saturated heterocycles. The third-order valence-corrected chi connectivity index (χ3v) is 2.32. The first-order valence-electron chi connectivity index (χ1n) is 5.08. The second-order valence-corrected chi connectivity index (χ2v) is 5.01. The van der Waals surface area contributed by atoms with Crippen molar-refractivity contribution >= 4 is 6.09 Å². The summed E-state index contributed by atoms with van der Waals surface area (Å²) in [5.74, 6) is 0. The molecule has 0 saturated carbocycles. The highest BCUT2D eigenvalue weighted by molar-refractivity contribution is 5.70. The van der Waals surface area contributed by atoms with Crippen LogP contribution in [0.4, 0.5) is 4.79 Å². The summed E-state index contributed by atoms with van der Waals surface area (Å²) in [5.41, 5.74) is -1.13. The lowest BCUT2D eigenvalue weighted by Gasteiger charge is -2.34. The molecule has 0 aromatic rings. The Morgan fingerprint density at radius 2 is 2.20 bits per heavy atom. The predicted octanol–water partition coefficient (Wildman–Crippen LogP) is 1.54. The summed E-state index contributed by atoms with van der Waals surface area (Å²) < 4.78 is 5.25. The highest BCUT2D eigenvalue weighted by Crippen LogP contribution is 2.24. The molecule has 1 aliphatic rings. The summed E-state index contributed by atoms with van der Waals surface area (Å²) in [5, 5.41) is 9.24. The van der Waals surface area contributed by atoms with Crippen molar-refractivity contribution in [3.63, 3.8) is 0 Å². The summed E-state index contributed by atoms with van der Waals surface area (Å²) in [6, 6.07) is 0. The molecule has 1 heterocycles. The summed E-state index contributed by atoms with van der Waals surface area (Å²) >= 11 is 0. The van der Waals surface area contributed by atoms with Crippen molar-refractivity contribution in [2.75, 3.05) is 13.2 Å². The minimum atomic E-state index is -0.623. The van der Waals surface area contributed by atoms with E-state index in [2.05, 4.69) is 0 Å². The van der Waals surface area contributed by atoms with Gasteiger partial charge in [-0.25, -0.2) is 4.79 Å². The van der Waals surface area contributed by atoms with Crippen molar-refractivity contribution < 1.29 is 14.6 Å². The van der Waals surface area contributed by atoms with E-state index in [0.717, 1.165) is 0 Å². The van der Waals surface area contributed by atoms with E-state index in [4.69, 9.17) is 4.74 Å². The molecule has 0 spiro atoms. The SMILES string of the molecule is CC(C)(C)OC(=O)N1CC=C[C@]1(C)CO. The summed E-state index contributed by atoms with van der Waals surface area (Å²) in [4.78, 5) is 13.3. The third kappa shape index (κ3) is 2.72. The Labute approximate surface area is 90.5 Å². The summed E-state index contributed by atoms with van der Waals surface area (Å²) in [6.45, 7) is 7.68. The molecule has 86 valence electrons. The van der Waals surface area contributed by atoms with Crippen LogP contribution in [0.1, 0.15) is 27.7 Å². The van der Waals surface area contributed by atoms with Gasteiger partial charge in [0.05, 0.1) is 12.1 Å². The molecule has 0 bridgehead atoms. The standard InChI is InChI=1S/C11H19NO3/c1-10(2,3)15-9(14)12-7-5-6-11(12,4)8-13/h5-6,13H,7-8H2,1-4H3/t11-/m1/s1. The van der Waals surface area contributed by atoms with Crippen LogP contribution in [0.5, 0.6) is 0 Å². The van der Waals surface area contributed by atoms with Crippen molar-refractivity contribution in [2.24, 2.45) is 0 Å². The van der Waals surface area contributed by atoms with Gasteiger partial charge in [-0.1, -0.05) is 12.2 Å². The largest absolute Gasteiger partial charge is 0.444 e. The molecular formula is C11H19NO3. The van der Waals surface area contributed by atoms with E-state index in [-0.39, 0.29) is 12.7 Å². The number of hydrogen-bond donors (Lipinski definition) is 1. The summed E-state index contributed by atoms with van der Waals surface area (Å²) in [6.07, 6.45) is 3.31. The van der Waals surface area contributed by atoms with Crippen molar-refractivity contribution in [3.05, 3.63) is 12.2 Å². The minimum absolute atomic E-state index is 0.0945. The smallest absolute Gasteiger partial charge is 0.411 e. The zero-order valence-electron chi connectivity index (χ0n) is 9.78. The van der Waals surface area contributed by atoms with Crippen molar-refractivity contribution in [1.29, 1.82) is 0 Å². The highest BCUT2D eigenvalue weighted by atomic mass is 16.6. The lowest BCUT2D eigenvalue weighted by molar-refractivity contribution is 0.00540. The molecule has 4 nitrogen and oxygen atoms in total. The van der Waals surface area contributed by atoms with Gasteiger partial charge in [-0.2, -0.15) is 0 Å². The fraction of sp³-hybridized carbons (Fsp3) is 0.727. The maximum Gasteiger partial charge on any atom is 0.411 e. The zero-order valence-corrected chi connectivity index (χ0v) is 9.78. The van der Waals surface area contributed by atoms with Gasteiger partial charge in [0.25, 0.3) is 0 Å². The number of ether oxygens (including phenoxy) is 1. The van der Waals surface area contributed by atoms with Crippen LogP contribution >= 0.6 is 0 Å². The van der Waals surface area contributed by atoms with E-state index >= 15 is 0 Å². The number of nitrogens with zero attached hydrogens (tertiary/aromatic N) is 1. The average Bonchev–Trinajstić information content (AvgIpc) is 2.45. The minimum Gasteiger partial charge on any atom is -0.444 e.